The van der Waals surface area contributed by atoms with Crippen LogP contribution in [0.25, 0.3) is 0 Å². The van der Waals surface area contributed by atoms with Crippen molar-refractivity contribution in [2.45, 2.75) is 122 Å². The van der Waals surface area contributed by atoms with Crippen LogP contribution >= 0.6 is 7.82 Å². The smallest absolute Gasteiger partial charge is 0.370 e. The maximum absolute atomic E-state index is 11.7. The molecule has 0 radical (unpaired) electrons. The Labute approximate surface area is 201 Å². The molecule has 0 aliphatic rings. The SMILES string of the molecule is CCCCCCCCCCCCCCCCCC(=O)NCCCCNC(=N)N.O=P(O)(O)O. The lowest BCUT2D eigenvalue weighted by Gasteiger charge is -2.06. The third kappa shape index (κ3) is 41.6. The van der Waals surface area contributed by atoms with Gasteiger partial charge in [0.15, 0.2) is 5.96 Å². The summed E-state index contributed by atoms with van der Waals surface area (Å²) in [5.74, 6) is 0.187. The highest BCUT2D eigenvalue weighted by Crippen LogP contribution is 2.25. The predicted molar refractivity (Wildman–Crippen MR) is 136 cm³/mol. The molecule has 8 N–H and O–H groups in total. The van der Waals surface area contributed by atoms with E-state index in [2.05, 4.69) is 17.6 Å². The normalized spacial score (nSPS) is 10.9. The van der Waals surface area contributed by atoms with Crippen molar-refractivity contribution in [3.05, 3.63) is 0 Å². The first-order chi connectivity index (χ1) is 15.7. The zero-order valence-corrected chi connectivity index (χ0v) is 21.7. The highest BCUT2D eigenvalue weighted by atomic mass is 31.2. The number of hydrogen-bond acceptors (Lipinski definition) is 3. The Kier molecular flexibility index (Phi) is 26.3. The van der Waals surface area contributed by atoms with Crippen LogP contribution in [0.1, 0.15) is 122 Å². The Bertz CT molecular complexity index is 495. The van der Waals surface area contributed by atoms with Gasteiger partial charge >= 0.3 is 7.82 Å². The van der Waals surface area contributed by atoms with E-state index in [1.807, 2.05) is 0 Å². The number of amides is 1. The molecule has 0 aliphatic carbocycles. The van der Waals surface area contributed by atoms with Gasteiger partial charge in [0, 0.05) is 19.5 Å². The van der Waals surface area contributed by atoms with Gasteiger partial charge in [-0.1, -0.05) is 96.8 Å². The molecule has 0 aromatic rings. The van der Waals surface area contributed by atoms with Crippen molar-refractivity contribution in [2.24, 2.45) is 5.73 Å². The van der Waals surface area contributed by atoms with Gasteiger partial charge in [0.05, 0.1) is 0 Å². The highest BCUT2D eigenvalue weighted by molar-refractivity contribution is 7.45. The van der Waals surface area contributed by atoms with Gasteiger partial charge < -0.3 is 31.0 Å². The Balaban J connectivity index is 0. The summed E-state index contributed by atoms with van der Waals surface area (Å²) in [5, 5.41) is 12.8. The van der Waals surface area contributed by atoms with Crippen LogP contribution < -0.4 is 16.4 Å². The van der Waals surface area contributed by atoms with Gasteiger partial charge in [0.2, 0.25) is 5.91 Å². The zero-order chi connectivity index (χ0) is 25.2. The Hall–Kier alpha value is -1.15. The second-order valence-corrected chi connectivity index (χ2v) is 9.64. The highest BCUT2D eigenvalue weighted by Gasteiger charge is 2.01. The van der Waals surface area contributed by atoms with E-state index in [0.717, 1.165) is 25.8 Å². The minimum atomic E-state index is -4.64. The number of guanidine groups is 1. The fourth-order valence-electron chi connectivity index (χ4n) is 3.45. The van der Waals surface area contributed by atoms with Gasteiger partial charge in [-0.3, -0.25) is 10.2 Å². The van der Waals surface area contributed by atoms with Crippen molar-refractivity contribution in [3.63, 3.8) is 0 Å². The quantitative estimate of drug-likeness (QED) is 0.0525. The second-order valence-electron chi connectivity index (χ2n) is 8.61. The number of unbranched alkanes of at least 4 members (excludes halogenated alkanes) is 15. The second kappa shape index (κ2) is 25.5. The summed E-state index contributed by atoms with van der Waals surface area (Å²) >= 11 is 0. The maximum Gasteiger partial charge on any atom is 0.466 e. The molecule has 0 saturated carbocycles. The minimum Gasteiger partial charge on any atom is -0.370 e. The zero-order valence-electron chi connectivity index (χ0n) is 20.8. The van der Waals surface area contributed by atoms with Crippen LogP contribution in [0.4, 0.5) is 0 Å². The van der Waals surface area contributed by atoms with E-state index in [0.29, 0.717) is 13.0 Å². The molecule has 0 unspecified atom stereocenters. The van der Waals surface area contributed by atoms with E-state index in [1.54, 1.807) is 0 Å². The van der Waals surface area contributed by atoms with Gasteiger partial charge in [-0.2, -0.15) is 0 Å². The average molecular weight is 495 g/mol. The molecular weight excluding hydrogens is 443 g/mol. The van der Waals surface area contributed by atoms with Crippen LogP contribution in [0.2, 0.25) is 0 Å². The van der Waals surface area contributed by atoms with E-state index in [4.69, 9.17) is 30.4 Å². The van der Waals surface area contributed by atoms with Crippen LogP contribution in [-0.4, -0.2) is 39.6 Å². The van der Waals surface area contributed by atoms with Crippen LogP contribution in [0, 0.1) is 5.41 Å². The molecule has 0 heterocycles. The van der Waals surface area contributed by atoms with E-state index < -0.39 is 7.82 Å². The monoisotopic (exact) mass is 494 g/mol. The molecule has 1 amide bonds. The number of hydrogen-bond donors (Lipinski definition) is 7. The summed E-state index contributed by atoms with van der Waals surface area (Å²) in [6.45, 7) is 3.69. The lowest BCUT2D eigenvalue weighted by Crippen LogP contribution is -2.31. The molecule has 198 valence electrons. The van der Waals surface area contributed by atoms with Crippen LogP contribution in [0.5, 0.6) is 0 Å². The third-order valence-corrected chi connectivity index (χ3v) is 5.25. The number of rotatable bonds is 21. The van der Waals surface area contributed by atoms with Crippen LogP contribution in [0.3, 0.4) is 0 Å². The molecule has 0 aromatic carbocycles. The first-order valence-corrected chi connectivity index (χ1v) is 14.4. The summed E-state index contributed by atoms with van der Waals surface area (Å²) in [5.41, 5.74) is 5.21. The topological polar surface area (TPSA) is 169 Å². The fraction of sp³-hybridized carbons (Fsp3) is 0.913. The van der Waals surface area contributed by atoms with Crippen molar-refractivity contribution in [3.8, 4) is 0 Å². The number of carbonyl (C=O) groups is 1. The first kappa shape index (κ1) is 34.0. The molecule has 10 heteroatoms. The van der Waals surface area contributed by atoms with Crippen molar-refractivity contribution in [1.82, 2.24) is 10.6 Å². The molecule has 0 rings (SSSR count). The van der Waals surface area contributed by atoms with Crippen LogP contribution in [0.15, 0.2) is 0 Å². The molecule has 0 bridgehead atoms. The predicted octanol–water partition coefficient (Wildman–Crippen LogP) is 4.70. The summed E-state index contributed by atoms with van der Waals surface area (Å²) in [7, 11) is -4.64. The Morgan fingerprint density at radius 1 is 0.697 bits per heavy atom. The van der Waals surface area contributed by atoms with Gasteiger partial charge in [-0.15, -0.1) is 0 Å². The molecule has 0 fully saturated rings. The van der Waals surface area contributed by atoms with Crippen molar-refractivity contribution >= 4 is 19.7 Å². The summed E-state index contributed by atoms with van der Waals surface area (Å²) in [6.07, 6.45) is 22.7. The largest absolute Gasteiger partial charge is 0.466 e. The summed E-state index contributed by atoms with van der Waals surface area (Å²) in [6, 6.07) is 0. The van der Waals surface area contributed by atoms with Gasteiger partial charge in [0.1, 0.15) is 0 Å². The van der Waals surface area contributed by atoms with E-state index in [-0.39, 0.29) is 11.9 Å². The minimum absolute atomic E-state index is 0.0113. The van der Waals surface area contributed by atoms with Gasteiger partial charge in [0.25, 0.3) is 0 Å². The number of carbonyl (C=O) groups excluding carboxylic acids is 1. The third-order valence-electron chi connectivity index (χ3n) is 5.25. The molecule has 33 heavy (non-hydrogen) atoms. The van der Waals surface area contributed by atoms with Crippen molar-refractivity contribution in [2.75, 3.05) is 13.1 Å². The van der Waals surface area contributed by atoms with E-state index in [9.17, 15) is 4.79 Å². The average Bonchev–Trinajstić information content (AvgIpc) is 2.72. The first-order valence-electron chi connectivity index (χ1n) is 12.8. The lowest BCUT2D eigenvalue weighted by molar-refractivity contribution is -0.121. The maximum atomic E-state index is 11.7. The lowest BCUT2D eigenvalue weighted by atomic mass is 10.0. The van der Waals surface area contributed by atoms with Crippen molar-refractivity contribution < 1.29 is 24.0 Å². The standard InChI is InChI=1S/C23H48N4O.H3O4P/c1-2-3-4-5-6-7-8-9-10-11-12-13-14-15-16-19-22(28)26-20-17-18-21-27-23(24)25;1-5(2,3)4/h2-21H2,1H3,(H,26,28)(H4,24,25,27);(H3,1,2,3,4). The molecule has 0 aromatic heterocycles. The van der Waals surface area contributed by atoms with Crippen molar-refractivity contribution in [1.29, 1.82) is 5.41 Å². The number of nitrogens with two attached hydrogens (primary N) is 1. The molecule has 9 nitrogen and oxygen atoms in total. The molecule has 0 aliphatic heterocycles. The summed E-state index contributed by atoms with van der Waals surface area (Å²) < 4.78 is 8.88. The molecule has 0 atom stereocenters. The Morgan fingerprint density at radius 2 is 1.03 bits per heavy atom. The molecule has 0 spiro atoms. The molecular formula is C23H51N4O5P. The number of phosphoric acid groups is 1. The van der Waals surface area contributed by atoms with E-state index >= 15 is 0 Å². The van der Waals surface area contributed by atoms with Crippen LogP contribution in [-0.2, 0) is 9.36 Å². The number of nitrogens with one attached hydrogen (secondary N) is 3. The fourth-order valence-corrected chi connectivity index (χ4v) is 3.45. The Morgan fingerprint density at radius 3 is 1.39 bits per heavy atom. The van der Waals surface area contributed by atoms with Gasteiger partial charge in [-0.25, -0.2) is 4.57 Å². The van der Waals surface area contributed by atoms with Gasteiger partial charge in [-0.05, 0) is 19.3 Å². The summed E-state index contributed by atoms with van der Waals surface area (Å²) in [4.78, 5) is 33.3. The molecule has 0 saturated heterocycles. The van der Waals surface area contributed by atoms with E-state index in [1.165, 1.54) is 89.9 Å².